The zero-order valence-electron chi connectivity index (χ0n) is 20.7. The minimum absolute atomic E-state index is 0. The Labute approximate surface area is 220 Å². The molecule has 0 aliphatic heterocycles. The molecule has 0 aliphatic carbocycles. The summed E-state index contributed by atoms with van der Waals surface area (Å²) in [6.45, 7) is 4.78. The lowest BCUT2D eigenvalue weighted by atomic mass is 10.1. The zero-order chi connectivity index (χ0) is 26.5. The van der Waals surface area contributed by atoms with Crippen LogP contribution in [-0.2, 0) is 30.2 Å². The summed E-state index contributed by atoms with van der Waals surface area (Å²) < 4.78 is 30.1. The Morgan fingerprint density at radius 2 is 1.43 bits per heavy atom. The highest BCUT2D eigenvalue weighted by molar-refractivity contribution is 5.89. The number of carbonyl (C=O) groups is 4. The third-order valence-corrected chi connectivity index (χ3v) is 4.45. The van der Waals surface area contributed by atoms with Crippen LogP contribution in [0.25, 0.3) is 0 Å². The van der Waals surface area contributed by atoms with Crippen molar-refractivity contribution < 1.29 is 47.6 Å². The second-order valence-corrected chi connectivity index (χ2v) is 7.37. The van der Waals surface area contributed by atoms with Crippen LogP contribution in [0, 0.1) is 0 Å². The van der Waals surface area contributed by atoms with Gasteiger partial charge >= 0.3 is 24.2 Å². The highest BCUT2D eigenvalue weighted by Crippen LogP contribution is 2.30. The number of carbonyl (C=O) groups excluding carboxylic acids is 4. The lowest BCUT2D eigenvalue weighted by Gasteiger charge is -2.17. The van der Waals surface area contributed by atoms with Gasteiger partial charge in [0.2, 0.25) is 0 Å². The van der Waals surface area contributed by atoms with Crippen LogP contribution in [0.15, 0.2) is 48.5 Å². The molecule has 0 amide bonds. The minimum Gasteiger partial charge on any atom is -0.458 e. The number of rotatable bonds is 11. The molecule has 0 saturated heterocycles. The molecule has 0 aromatic heterocycles. The van der Waals surface area contributed by atoms with Crippen LogP contribution in [0.1, 0.15) is 36.7 Å². The van der Waals surface area contributed by atoms with Crippen molar-refractivity contribution in [1.29, 1.82) is 0 Å². The summed E-state index contributed by atoms with van der Waals surface area (Å²) >= 11 is 0. The maximum atomic E-state index is 12.4. The third kappa shape index (κ3) is 10.8. The summed E-state index contributed by atoms with van der Waals surface area (Å²) in [7, 11) is 0. The molecule has 0 radical (unpaired) electrons. The molecule has 12 heteroatoms. The fourth-order valence-corrected chi connectivity index (χ4v) is 2.83. The van der Waals surface area contributed by atoms with Crippen molar-refractivity contribution in [1.82, 2.24) is 0 Å². The van der Waals surface area contributed by atoms with Gasteiger partial charge in [0.25, 0.3) is 0 Å². The molecule has 0 unspecified atom stereocenters. The Morgan fingerprint density at radius 3 is 2.03 bits per heavy atom. The van der Waals surface area contributed by atoms with Crippen LogP contribution in [0.5, 0.6) is 11.5 Å². The monoisotopic (exact) mass is 539 g/mol. The number of hydrogen-bond acceptors (Lipinski definition) is 11. The van der Waals surface area contributed by atoms with Crippen LogP contribution in [0.4, 0.5) is 9.59 Å². The van der Waals surface area contributed by atoms with Gasteiger partial charge in [-0.1, -0.05) is 24.3 Å². The van der Waals surface area contributed by atoms with E-state index in [1.165, 1.54) is 18.2 Å². The number of nitrogens with two attached hydrogens (primary N) is 1. The van der Waals surface area contributed by atoms with Gasteiger partial charge in [-0.2, -0.15) is 0 Å². The van der Waals surface area contributed by atoms with E-state index in [0.717, 1.165) is 0 Å². The molecule has 0 spiro atoms. The van der Waals surface area contributed by atoms with Crippen molar-refractivity contribution in [3.8, 4) is 11.5 Å². The van der Waals surface area contributed by atoms with Crippen LogP contribution in [0.2, 0.25) is 0 Å². The first-order valence-electron chi connectivity index (χ1n) is 11.2. The second-order valence-electron chi connectivity index (χ2n) is 7.37. The summed E-state index contributed by atoms with van der Waals surface area (Å²) in [6.07, 6.45) is -2.72. The fourth-order valence-electron chi connectivity index (χ4n) is 2.83. The molecular formula is C25H30ClNO10. The van der Waals surface area contributed by atoms with Gasteiger partial charge in [-0.3, -0.25) is 4.79 Å². The summed E-state index contributed by atoms with van der Waals surface area (Å²) in [5.41, 5.74) is 6.84. The summed E-state index contributed by atoms with van der Waals surface area (Å²) in [5.74, 6) is -1.48. The van der Waals surface area contributed by atoms with E-state index in [0.29, 0.717) is 11.1 Å². The van der Waals surface area contributed by atoms with Crippen molar-refractivity contribution in [2.24, 2.45) is 5.73 Å². The van der Waals surface area contributed by atoms with Crippen LogP contribution in [0.3, 0.4) is 0 Å². The molecule has 2 aromatic rings. The molecule has 2 atom stereocenters. The SMILES string of the molecule is CCOC(=O)Oc1ccc(C[C@H](N)C(=O)O[C@H](C)COC(=O)c2ccccc2)cc1OC(=O)OCC.Cl. The largest absolute Gasteiger partial charge is 0.513 e. The van der Waals surface area contributed by atoms with E-state index in [2.05, 4.69) is 0 Å². The summed E-state index contributed by atoms with van der Waals surface area (Å²) in [4.78, 5) is 47.9. The lowest BCUT2D eigenvalue weighted by Crippen LogP contribution is -2.37. The van der Waals surface area contributed by atoms with Crippen molar-refractivity contribution in [2.45, 2.75) is 39.3 Å². The molecule has 0 saturated carbocycles. The van der Waals surface area contributed by atoms with E-state index in [1.807, 2.05) is 0 Å². The third-order valence-electron chi connectivity index (χ3n) is 4.45. The maximum absolute atomic E-state index is 12.4. The van der Waals surface area contributed by atoms with Crippen LogP contribution >= 0.6 is 12.4 Å². The molecule has 2 N–H and O–H groups in total. The Hall–Kier alpha value is -3.83. The van der Waals surface area contributed by atoms with Gasteiger partial charge in [0.15, 0.2) is 11.5 Å². The van der Waals surface area contributed by atoms with E-state index in [-0.39, 0.29) is 50.1 Å². The molecule has 2 aromatic carbocycles. The van der Waals surface area contributed by atoms with Crippen molar-refractivity contribution in [3.63, 3.8) is 0 Å². The highest BCUT2D eigenvalue weighted by atomic mass is 35.5. The smallest absolute Gasteiger partial charge is 0.458 e. The fraction of sp³-hybridized carbons (Fsp3) is 0.360. The van der Waals surface area contributed by atoms with Gasteiger partial charge in [-0.05, 0) is 57.0 Å². The first-order valence-corrected chi connectivity index (χ1v) is 11.2. The topological polar surface area (TPSA) is 150 Å². The average Bonchev–Trinajstić information content (AvgIpc) is 2.85. The van der Waals surface area contributed by atoms with Crippen molar-refractivity contribution in [3.05, 3.63) is 59.7 Å². The number of hydrogen-bond donors (Lipinski definition) is 1. The van der Waals surface area contributed by atoms with E-state index >= 15 is 0 Å². The molecule has 0 fully saturated rings. The van der Waals surface area contributed by atoms with Gasteiger partial charge in [0.05, 0.1) is 18.8 Å². The second kappa shape index (κ2) is 16.0. The molecule has 37 heavy (non-hydrogen) atoms. The Balaban J connectivity index is 0.00000684. The van der Waals surface area contributed by atoms with Gasteiger partial charge in [-0.15, -0.1) is 12.4 Å². The molecule has 0 aliphatic rings. The van der Waals surface area contributed by atoms with Crippen LogP contribution in [-0.4, -0.2) is 56.2 Å². The zero-order valence-corrected chi connectivity index (χ0v) is 21.5. The average molecular weight is 540 g/mol. The van der Waals surface area contributed by atoms with E-state index in [4.69, 9.17) is 34.2 Å². The first-order chi connectivity index (χ1) is 17.2. The summed E-state index contributed by atoms with van der Waals surface area (Å²) in [5, 5.41) is 0. The molecule has 0 heterocycles. The predicted octanol–water partition coefficient (Wildman–Crippen LogP) is 3.84. The highest BCUT2D eigenvalue weighted by Gasteiger charge is 2.22. The van der Waals surface area contributed by atoms with Crippen molar-refractivity contribution in [2.75, 3.05) is 19.8 Å². The molecule has 0 bridgehead atoms. The Morgan fingerprint density at radius 1 is 0.838 bits per heavy atom. The number of ether oxygens (including phenoxy) is 6. The molecule has 11 nitrogen and oxygen atoms in total. The number of esters is 2. The van der Waals surface area contributed by atoms with E-state index < -0.39 is 36.4 Å². The summed E-state index contributed by atoms with van der Waals surface area (Å²) in [6, 6.07) is 11.6. The normalized spacial score (nSPS) is 11.7. The lowest BCUT2D eigenvalue weighted by molar-refractivity contribution is -0.151. The Bertz CT molecular complexity index is 1050. The van der Waals surface area contributed by atoms with Gasteiger partial charge in [0, 0.05) is 0 Å². The number of benzene rings is 2. The quantitative estimate of drug-likeness (QED) is 0.252. The molecular weight excluding hydrogens is 510 g/mol. The predicted molar refractivity (Wildman–Crippen MR) is 133 cm³/mol. The standard InChI is InChI=1S/C25H29NO10.ClH/c1-4-31-24(29)35-20-12-11-17(14-21(20)36-25(30)32-5-2)13-19(26)23(28)34-16(3)15-33-22(27)18-9-7-6-8-10-18;/h6-12,14,16,19H,4-5,13,15,26H2,1-3H3;1H/t16-,19+;/m1./s1. The minimum atomic E-state index is -1.08. The van der Waals surface area contributed by atoms with Gasteiger partial charge < -0.3 is 34.2 Å². The van der Waals surface area contributed by atoms with Gasteiger partial charge in [0.1, 0.15) is 18.8 Å². The molecule has 202 valence electrons. The maximum Gasteiger partial charge on any atom is 0.513 e. The van der Waals surface area contributed by atoms with Crippen molar-refractivity contribution >= 4 is 36.7 Å². The number of halogens is 1. The van der Waals surface area contributed by atoms with Gasteiger partial charge in [-0.25, -0.2) is 14.4 Å². The van der Waals surface area contributed by atoms with E-state index in [1.54, 1.807) is 51.1 Å². The first kappa shape index (κ1) is 31.2. The molecule has 2 rings (SSSR count). The Kier molecular flexibility index (Phi) is 13.5. The van der Waals surface area contributed by atoms with Crippen LogP contribution < -0.4 is 15.2 Å². The van der Waals surface area contributed by atoms with E-state index in [9.17, 15) is 19.2 Å².